The zero-order chi connectivity index (χ0) is 19.5. The fourth-order valence-electron chi connectivity index (χ4n) is 3.13. The van der Waals surface area contributed by atoms with E-state index in [1.54, 1.807) is 16.7 Å². The van der Waals surface area contributed by atoms with Gasteiger partial charge in [-0.3, -0.25) is 9.69 Å². The molecule has 7 heteroatoms. The molecule has 2 aromatic carbocycles. The number of ether oxygens (including phenoxy) is 2. The Morgan fingerprint density at radius 1 is 1.21 bits per heavy atom. The second-order valence-electron chi connectivity index (χ2n) is 6.76. The number of carbonyl (C=O) groups excluding carboxylic acids is 1. The molecule has 28 heavy (non-hydrogen) atoms. The van der Waals surface area contributed by atoms with Gasteiger partial charge in [-0.05, 0) is 55.2 Å². The molecule has 2 aliphatic heterocycles. The van der Waals surface area contributed by atoms with Crippen molar-refractivity contribution in [3.63, 3.8) is 0 Å². The van der Waals surface area contributed by atoms with E-state index < -0.39 is 0 Å². The minimum atomic E-state index is 0.0850. The SMILES string of the molecule is Cc1ccc(N=C2SCCCN2C(=O)CCc2ccc3c(c2)OCO3)cc1Cl. The summed E-state index contributed by atoms with van der Waals surface area (Å²) in [6, 6.07) is 11.5. The van der Waals surface area contributed by atoms with Gasteiger partial charge in [0.15, 0.2) is 16.7 Å². The standard InChI is InChI=1S/C21H21ClN2O3S/c1-14-3-6-16(12-17(14)22)23-21-24(9-2-10-28-21)20(25)8-5-15-4-7-18-19(11-15)27-13-26-18/h3-4,6-7,11-12H,2,5,8-10,13H2,1H3. The summed E-state index contributed by atoms with van der Waals surface area (Å²) in [5, 5.41) is 1.44. The molecule has 1 fully saturated rings. The third-order valence-corrected chi connectivity index (χ3v) is 6.20. The molecular weight excluding hydrogens is 396 g/mol. The van der Waals surface area contributed by atoms with Gasteiger partial charge in [-0.15, -0.1) is 0 Å². The fourth-order valence-corrected chi connectivity index (χ4v) is 4.28. The normalized spacial score (nSPS) is 17.2. The molecule has 4 rings (SSSR count). The van der Waals surface area contributed by atoms with Crippen molar-refractivity contribution in [2.75, 3.05) is 19.1 Å². The molecule has 146 valence electrons. The average Bonchev–Trinajstić information content (AvgIpc) is 3.17. The lowest BCUT2D eigenvalue weighted by atomic mass is 10.1. The highest BCUT2D eigenvalue weighted by molar-refractivity contribution is 8.13. The Balaban J connectivity index is 1.45. The molecule has 0 bridgehead atoms. The molecule has 2 heterocycles. The van der Waals surface area contributed by atoms with E-state index in [0.717, 1.165) is 45.7 Å². The van der Waals surface area contributed by atoms with E-state index in [-0.39, 0.29) is 12.7 Å². The minimum absolute atomic E-state index is 0.0850. The number of thioether (sulfide) groups is 1. The Hall–Kier alpha value is -2.18. The van der Waals surface area contributed by atoms with E-state index in [2.05, 4.69) is 4.99 Å². The van der Waals surface area contributed by atoms with Crippen LogP contribution in [-0.4, -0.2) is 35.1 Å². The number of hydrogen-bond donors (Lipinski definition) is 0. The van der Waals surface area contributed by atoms with Gasteiger partial charge >= 0.3 is 0 Å². The highest BCUT2D eigenvalue weighted by atomic mass is 35.5. The Morgan fingerprint density at radius 3 is 2.93 bits per heavy atom. The van der Waals surface area contributed by atoms with Crippen LogP contribution in [0.4, 0.5) is 5.69 Å². The van der Waals surface area contributed by atoms with Gasteiger partial charge in [0, 0.05) is 23.7 Å². The van der Waals surface area contributed by atoms with Crippen LogP contribution in [-0.2, 0) is 11.2 Å². The molecule has 0 aliphatic carbocycles. The molecule has 2 aromatic rings. The number of aliphatic imine (C=N–C) groups is 1. The predicted molar refractivity (Wildman–Crippen MR) is 113 cm³/mol. The molecule has 0 saturated carbocycles. The molecular formula is C21H21ClN2O3S. The molecule has 0 unspecified atom stereocenters. The maximum absolute atomic E-state index is 12.9. The summed E-state index contributed by atoms with van der Waals surface area (Å²) in [7, 11) is 0. The number of carbonyl (C=O) groups is 1. The van der Waals surface area contributed by atoms with E-state index in [4.69, 9.17) is 21.1 Å². The molecule has 0 spiro atoms. The van der Waals surface area contributed by atoms with Crippen LogP contribution >= 0.6 is 23.4 Å². The summed E-state index contributed by atoms with van der Waals surface area (Å²) in [5.41, 5.74) is 2.85. The van der Waals surface area contributed by atoms with Gasteiger partial charge in [0.25, 0.3) is 0 Å². The lowest BCUT2D eigenvalue weighted by Gasteiger charge is -2.28. The Morgan fingerprint density at radius 2 is 2.07 bits per heavy atom. The number of nitrogens with zero attached hydrogens (tertiary/aromatic N) is 2. The van der Waals surface area contributed by atoms with Crippen molar-refractivity contribution in [1.29, 1.82) is 0 Å². The van der Waals surface area contributed by atoms with Crippen molar-refractivity contribution in [2.24, 2.45) is 4.99 Å². The molecule has 0 atom stereocenters. The number of halogens is 1. The van der Waals surface area contributed by atoms with Crippen molar-refractivity contribution >= 4 is 40.1 Å². The number of amidine groups is 1. The lowest BCUT2D eigenvalue weighted by molar-refractivity contribution is -0.127. The van der Waals surface area contributed by atoms with Gasteiger partial charge in [-0.25, -0.2) is 4.99 Å². The number of amides is 1. The maximum Gasteiger partial charge on any atom is 0.231 e. The number of benzene rings is 2. The van der Waals surface area contributed by atoms with Crippen molar-refractivity contribution in [3.05, 3.63) is 52.5 Å². The summed E-state index contributed by atoms with van der Waals surface area (Å²) in [4.78, 5) is 19.4. The smallest absolute Gasteiger partial charge is 0.231 e. The first-order chi connectivity index (χ1) is 13.6. The highest BCUT2D eigenvalue weighted by Gasteiger charge is 2.24. The van der Waals surface area contributed by atoms with Gasteiger partial charge in [0.2, 0.25) is 12.7 Å². The van der Waals surface area contributed by atoms with Crippen LogP contribution in [0.3, 0.4) is 0 Å². The number of aryl methyl sites for hydroxylation is 2. The molecule has 0 aromatic heterocycles. The van der Waals surface area contributed by atoms with Crippen LogP contribution in [0, 0.1) is 6.92 Å². The Labute approximate surface area is 173 Å². The predicted octanol–water partition coefficient (Wildman–Crippen LogP) is 4.96. The van der Waals surface area contributed by atoms with E-state index in [1.165, 1.54) is 0 Å². The van der Waals surface area contributed by atoms with Gasteiger partial charge < -0.3 is 9.47 Å². The first-order valence-corrected chi connectivity index (χ1v) is 10.6. The number of rotatable bonds is 4. The zero-order valence-electron chi connectivity index (χ0n) is 15.6. The molecule has 0 N–H and O–H groups in total. The molecule has 2 aliphatic rings. The number of hydrogen-bond acceptors (Lipinski definition) is 5. The van der Waals surface area contributed by atoms with Crippen molar-refractivity contribution in [3.8, 4) is 11.5 Å². The van der Waals surface area contributed by atoms with E-state index in [0.29, 0.717) is 24.4 Å². The summed E-state index contributed by atoms with van der Waals surface area (Å²) in [5.74, 6) is 2.55. The first kappa shape index (κ1) is 19.2. The van der Waals surface area contributed by atoms with E-state index >= 15 is 0 Å². The summed E-state index contributed by atoms with van der Waals surface area (Å²) >= 11 is 7.83. The molecule has 1 saturated heterocycles. The summed E-state index contributed by atoms with van der Waals surface area (Å²) in [6.45, 7) is 2.91. The summed E-state index contributed by atoms with van der Waals surface area (Å²) < 4.78 is 10.7. The molecule has 5 nitrogen and oxygen atoms in total. The fraction of sp³-hybridized carbons (Fsp3) is 0.333. The highest BCUT2D eigenvalue weighted by Crippen LogP contribution is 2.33. The molecule has 0 radical (unpaired) electrons. The maximum atomic E-state index is 12.9. The topological polar surface area (TPSA) is 51.1 Å². The van der Waals surface area contributed by atoms with E-state index in [9.17, 15) is 4.79 Å². The summed E-state index contributed by atoms with van der Waals surface area (Å²) in [6.07, 6.45) is 2.04. The van der Waals surface area contributed by atoms with Crippen LogP contribution in [0.5, 0.6) is 11.5 Å². The Kier molecular flexibility index (Phi) is 5.78. The first-order valence-electron chi connectivity index (χ1n) is 9.27. The van der Waals surface area contributed by atoms with Crippen LogP contribution < -0.4 is 9.47 Å². The van der Waals surface area contributed by atoms with Crippen molar-refractivity contribution < 1.29 is 14.3 Å². The van der Waals surface area contributed by atoms with Gasteiger partial charge in [-0.1, -0.05) is 35.5 Å². The van der Waals surface area contributed by atoms with Gasteiger partial charge in [0.05, 0.1) is 5.69 Å². The number of fused-ring (bicyclic) bond motifs is 1. The van der Waals surface area contributed by atoms with E-state index in [1.807, 2.05) is 43.3 Å². The second-order valence-corrected chi connectivity index (χ2v) is 8.23. The minimum Gasteiger partial charge on any atom is -0.454 e. The Bertz CT molecular complexity index is 932. The second kappa shape index (κ2) is 8.45. The third-order valence-electron chi connectivity index (χ3n) is 4.73. The third kappa shape index (κ3) is 4.28. The quantitative estimate of drug-likeness (QED) is 0.706. The van der Waals surface area contributed by atoms with Gasteiger partial charge in [0.1, 0.15) is 0 Å². The van der Waals surface area contributed by atoms with Crippen LogP contribution in [0.1, 0.15) is 24.0 Å². The van der Waals surface area contributed by atoms with Crippen LogP contribution in [0.2, 0.25) is 5.02 Å². The zero-order valence-corrected chi connectivity index (χ0v) is 17.2. The largest absolute Gasteiger partial charge is 0.454 e. The molecule has 1 amide bonds. The van der Waals surface area contributed by atoms with Gasteiger partial charge in [-0.2, -0.15) is 0 Å². The van der Waals surface area contributed by atoms with Crippen molar-refractivity contribution in [2.45, 2.75) is 26.2 Å². The lowest BCUT2D eigenvalue weighted by Crippen LogP contribution is -2.39. The van der Waals surface area contributed by atoms with Crippen LogP contribution in [0.25, 0.3) is 0 Å². The van der Waals surface area contributed by atoms with Crippen molar-refractivity contribution in [1.82, 2.24) is 4.90 Å². The monoisotopic (exact) mass is 416 g/mol. The van der Waals surface area contributed by atoms with Crippen LogP contribution in [0.15, 0.2) is 41.4 Å². The average molecular weight is 417 g/mol.